The molecular formula is C22H41N3. The molecule has 5 atom stereocenters. The SMILES string of the molecule is CCN1CC2CC1CN2C(C)(C)CC1CC2CC1CN2CC(C)(C)C. The van der Waals surface area contributed by atoms with Crippen LogP contribution in [0.4, 0.5) is 0 Å². The molecule has 4 rings (SSSR count). The molecule has 4 fully saturated rings. The van der Waals surface area contributed by atoms with Gasteiger partial charge in [0.05, 0.1) is 0 Å². The molecule has 3 heteroatoms. The van der Waals surface area contributed by atoms with Crippen LogP contribution < -0.4 is 0 Å². The van der Waals surface area contributed by atoms with Crippen molar-refractivity contribution in [2.75, 3.05) is 32.7 Å². The van der Waals surface area contributed by atoms with Crippen LogP contribution in [-0.4, -0.2) is 71.1 Å². The van der Waals surface area contributed by atoms with Crippen LogP contribution >= 0.6 is 0 Å². The second-order valence-corrected chi connectivity index (χ2v) is 11.4. The Morgan fingerprint density at radius 1 is 0.800 bits per heavy atom. The maximum Gasteiger partial charge on any atom is 0.0244 e. The van der Waals surface area contributed by atoms with E-state index in [1.165, 1.54) is 58.4 Å². The van der Waals surface area contributed by atoms with Crippen LogP contribution in [0.2, 0.25) is 0 Å². The summed E-state index contributed by atoms with van der Waals surface area (Å²) in [6.45, 7) is 21.1. The van der Waals surface area contributed by atoms with Crippen LogP contribution in [0.25, 0.3) is 0 Å². The van der Waals surface area contributed by atoms with Crippen molar-refractivity contribution in [3.63, 3.8) is 0 Å². The largest absolute Gasteiger partial charge is 0.300 e. The van der Waals surface area contributed by atoms with E-state index in [0.29, 0.717) is 11.0 Å². The summed E-state index contributed by atoms with van der Waals surface area (Å²) in [7, 11) is 0. The summed E-state index contributed by atoms with van der Waals surface area (Å²) in [6.07, 6.45) is 5.79. The Morgan fingerprint density at radius 3 is 2.08 bits per heavy atom. The van der Waals surface area contributed by atoms with Gasteiger partial charge in [-0.2, -0.15) is 0 Å². The fourth-order valence-corrected chi connectivity index (χ4v) is 6.84. The first-order valence-corrected chi connectivity index (χ1v) is 10.9. The smallest absolute Gasteiger partial charge is 0.0244 e. The summed E-state index contributed by atoms with van der Waals surface area (Å²) in [6, 6.07) is 2.56. The summed E-state index contributed by atoms with van der Waals surface area (Å²) >= 11 is 0. The van der Waals surface area contributed by atoms with Gasteiger partial charge in [0.25, 0.3) is 0 Å². The molecule has 0 radical (unpaired) electrons. The monoisotopic (exact) mass is 347 g/mol. The van der Waals surface area contributed by atoms with Gasteiger partial charge in [-0.1, -0.05) is 27.7 Å². The van der Waals surface area contributed by atoms with E-state index >= 15 is 0 Å². The molecule has 0 N–H and O–H groups in total. The molecule has 0 aromatic carbocycles. The summed E-state index contributed by atoms with van der Waals surface area (Å²) in [5.74, 6) is 1.94. The highest BCUT2D eigenvalue weighted by Crippen LogP contribution is 2.48. The van der Waals surface area contributed by atoms with Crippen LogP contribution in [0.5, 0.6) is 0 Å². The van der Waals surface area contributed by atoms with E-state index in [4.69, 9.17) is 0 Å². The summed E-state index contributed by atoms with van der Waals surface area (Å²) in [4.78, 5) is 8.41. The maximum atomic E-state index is 2.89. The fourth-order valence-electron chi connectivity index (χ4n) is 6.84. The number of fused-ring (bicyclic) bond motifs is 4. The highest BCUT2D eigenvalue weighted by atomic mass is 15.4. The zero-order chi connectivity index (χ0) is 18.0. The number of rotatable bonds is 5. The standard InChI is InChI=1S/C22H41N3/c1-7-23-13-20-10-19(23)14-25(20)22(5,6)11-16-8-18-9-17(16)12-24(18)15-21(2,3)4/h16-20H,7-15H2,1-6H3. The second kappa shape index (κ2) is 6.21. The lowest BCUT2D eigenvalue weighted by atomic mass is 9.81. The molecule has 4 aliphatic rings. The predicted octanol–water partition coefficient (Wildman–Crippen LogP) is 3.69. The van der Waals surface area contributed by atoms with Gasteiger partial charge in [0.2, 0.25) is 0 Å². The summed E-state index contributed by atoms with van der Waals surface area (Å²) in [5, 5.41) is 0. The quantitative estimate of drug-likeness (QED) is 0.751. The summed E-state index contributed by atoms with van der Waals surface area (Å²) in [5.41, 5.74) is 0.836. The Bertz CT molecular complexity index is 494. The maximum absolute atomic E-state index is 2.89. The van der Waals surface area contributed by atoms with Gasteiger partial charge in [0.1, 0.15) is 0 Å². The molecule has 0 amide bonds. The number of piperazine rings is 1. The Kier molecular flexibility index (Phi) is 4.53. The highest BCUT2D eigenvalue weighted by Gasteiger charge is 2.51. The molecule has 144 valence electrons. The number of likely N-dealkylation sites (N-methyl/N-ethyl adjacent to an activating group) is 1. The third-order valence-electron chi connectivity index (χ3n) is 7.78. The minimum atomic E-state index is 0.392. The van der Waals surface area contributed by atoms with Crippen molar-refractivity contribution >= 4 is 0 Å². The molecule has 0 aromatic rings. The van der Waals surface area contributed by atoms with Crippen molar-refractivity contribution in [3.8, 4) is 0 Å². The van der Waals surface area contributed by atoms with E-state index in [1.54, 1.807) is 0 Å². The van der Waals surface area contributed by atoms with E-state index in [2.05, 4.69) is 56.2 Å². The van der Waals surface area contributed by atoms with Gasteiger partial charge >= 0.3 is 0 Å². The number of piperidine rings is 1. The van der Waals surface area contributed by atoms with Crippen molar-refractivity contribution in [2.45, 2.75) is 90.9 Å². The average molecular weight is 348 g/mol. The van der Waals surface area contributed by atoms with Crippen LogP contribution in [0.1, 0.15) is 67.2 Å². The number of likely N-dealkylation sites (tertiary alicyclic amines) is 3. The third kappa shape index (κ3) is 3.41. The first-order chi connectivity index (χ1) is 11.7. The minimum absolute atomic E-state index is 0.392. The van der Waals surface area contributed by atoms with Gasteiger partial charge in [-0.3, -0.25) is 14.7 Å². The highest BCUT2D eigenvalue weighted by molar-refractivity contribution is 5.06. The van der Waals surface area contributed by atoms with Crippen LogP contribution in [0, 0.1) is 17.3 Å². The lowest BCUT2D eigenvalue weighted by Gasteiger charge is -2.46. The van der Waals surface area contributed by atoms with E-state index in [-0.39, 0.29) is 0 Å². The fraction of sp³-hybridized carbons (Fsp3) is 1.00. The van der Waals surface area contributed by atoms with E-state index in [1.807, 2.05) is 0 Å². The van der Waals surface area contributed by atoms with Crippen LogP contribution in [0.15, 0.2) is 0 Å². The zero-order valence-electron chi connectivity index (χ0n) is 17.6. The Morgan fingerprint density at radius 2 is 1.56 bits per heavy atom. The molecular weight excluding hydrogens is 306 g/mol. The zero-order valence-corrected chi connectivity index (χ0v) is 17.6. The minimum Gasteiger partial charge on any atom is -0.300 e. The first-order valence-electron chi connectivity index (χ1n) is 10.9. The Balaban J connectivity index is 1.33. The van der Waals surface area contributed by atoms with E-state index in [0.717, 1.165) is 30.0 Å². The van der Waals surface area contributed by atoms with Gasteiger partial charge in [-0.25, -0.2) is 0 Å². The van der Waals surface area contributed by atoms with Crippen molar-refractivity contribution in [2.24, 2.45) is 17.3 Å². The lowest BCUT2D eigenvalue weighted by Crippen LogP contribution is -2.55. The average Bonchev–Trinajstić information content (AvgIpc) is 3.23. The molecule has 3 nitrogen and oxygen atoms in total. The van der Waals surface area contributed by atoms with Gasteiger partial charge < -0.3 is 0 Å². The second-order valence-electron chi connectivity index (χ2n) is 11.4. The molecule has 3 aliphatic heterocycles. The molecule has 3 heterocycles. The van der Waals surface area contributed by atoms with Gasteiger partial charge in [-0.15, -0.1) is 0 Å². The van der Waals surface area contributed by atoms with Crippen LogP contribution in [-0.2, 0) is 0 Å². The lowest BCUT2D eigenvalue weighted by molar-refractivity contribution is 0.0223. The summed E-state index contributed by atoms with van der Waals surface area (Å²) < 4.78 is 0. The predicted molar refractivity (Wildman–Crippen MR) is 106 cm³/mol. The van der Waals surface area contributed by atoms with Gasteiger partial charge in [0, 0.05) is 49.8 Å². The van der Waals surface area contributed by atoms with Gasteiger partial charge in [0.15, 0.2) is 0 Å². The van der Waals surface area contributed by atoms with E-state index < -0.39 is 0 Å². The Hall–Kier alpha value is -0.120. The molecule has 5 unspecified atom stereocenters. The molecule has 3 saturated heterocycles. The van der Waals surface area contributed by atoms with E-state index in [9.17, 15) is 0 Å². The molecule has 4 bridgehead atoms. The molecule has 25 heavy (non-hydrogen) atoms. The van der Waals surface area contributed by atoms with Crippen molar-refractivity contribution in [1.82, 2.24) is 14.7 Å². The number of nitrogens with zero attached hydrogens (tertiary/aromatic N) is 3. The van der Waals surface area contributed by atoms with Crippen molar-refractivity contribution in [3.05, 3.63) is 0 Å². The van der Waals surface area contributed by atoms with Crippen molar-refractivity contribution in [1.29, 1.82) is 0 Å². The molecule has 1 saturated carbocycles. The molecule has 1 aliphatic carbocycles. The molecule has 0 spiro atoms. The number of hydrogen-bond acceptors (Lipinski definition) is 3. The van der Waals surface area contributed by atoms with Crippen molar-refractivity contribution < 1.29 is 0 Å². The van der Waals surface area contributed by atoms with Crippen LogP contribution in [0.3, 0.4) is 0 Å². The topological polar surface area (TPSA) is 9.72 Å². The Labute approximate surface area is 156 Å². The molecule has 0 aromatic heterocycles. The van der Waals surface area contributed by atoms with Gasteiger partial charge in [-0.05, 0) is 63.3 Å². The number of hydrogen-bond donors (Lipinski definition) is 0. The first kappa shape index (κ1) is 18.3. The third-order valence-corrected chi connectivity index (χ3v) is 7.78. The normalized spacial score (nSPS) is 39.8.